The van der Waals surface area contributed by atoms with Gasteiger partial charge < -0.3 is 15.2 Å². The zero-order valence-electron chi connectivity index (χ0n) is 11.3. The maximum absolute atomic E-state index is 9.41. The van der Waals surface area contributed by atoms with Gasteiger partial charge in [0, 0.05) is 12.6 Å². The van der Waals surface area contributed by atoms with Gasteiger partial charge in [-0.2, -0.15) is 0 Å². The molecule has 1 saturated heterocycles. The third kappa shape index (κ3) is 2.91. The highest BCUT2D eigenvalue weighted by Gasteiger charge is 2.38. The molecule has 0 aromatic heterocycles. The summed E-state index contributed by atoms with van der Waals surface area (Å²) < 4.78 is 5.22. The molecule has 0 spiro atoms. The fourth-order valence-corrected chi connectivity index (χ4v) is 2.28. The second-order valence-corrected chi connectivity index (χ2v) is 5.40. The van der Waals surface area contributed by atoms with Crippen LogP contribution in [-0.4, -0.2) is 31.5 Å². The van der Waals surface area contributed by atoms with Gasteiger partial charge >= 0.3 is 0 Å². The first-order valence-electron chi connectivity index (χ1n) is 6.68. The van der Waals surface area contributed by atoms with E-state index >= 15 is 0 Å². The van der Waals surface area contributed by atoms with E-state index in [1.165, 1.54) is 11.1 Å². The van der Waals surface area contributed by atoms with Crippen molar-refractivity contribution in [2.45, 2.75) is 26.3 Å². The largest absolute Gasteiger partial charge is 0.396 e. The van der Waals surface area contributed by atoms with E-state index in [4.69, 9.17) is 4.74 Å². The van der Waals surface area contributed by atoms with Crippen molar-refractivity contribution in [3.63, 3.8) is 0 Å². The summed E-state index contributed by atoms with van der Waals surface area (Å²) in [4.78, 5) is 0. The molecular weight excluding hydrogens is 226 g/mol. The Kier molecular flexibility index (Phi) is 4.38. The minimum Gasteiger partial charge on any atom is -0.396 e. The molecular formula is C15H23NO2. The molecule has 0 radical (unpaired) electrons. The normalized spacial score (nSPS) is 19.3. The predicted molar refractivity (Wildman–Crippen MR) is 72.6 cm³/mol. The quantitative estimate of drug-likeness (QED) is 0.810. The number of aryl methyl sites for hydroxylation is 1. The Hall–Kier alpha value is -0.900. The number of aliphatic hydroxyl groups excluding tert-OH is 1. The summed E-state index contributed by atoms with van der Waals surface area (Å²) in [5, 5.41) is 13.0. The van der Waals surface area contributed by atoms with Crippen molar-refractivity contribution in [2.75, 3.05) is 26.4 Å². The Morgan fingerprint density at radius 2 is 2.00 bits per heavy atom. The van der Waals surface area contributed by atoms with Crippen LogP contribution in [0.1, 0.15) is 30.5 Å². The summed E-state index contributed by atoms with van der Waals surface area (Å²) in [7, 11) is 0. The Morgan fingerprint density at radius 1 is 1.33 bits per heavy atom. The molecule has 1 fully saturated rings. The number of benzene rings is 1. The Morgan fingerprint density at radius 3 is 2.44 bits per heavy atom. The van der Waals surface area contributed by atoms with E-state index in [1.807, 2.05) is 0 Å². The fraction of sp³-hybridized carbons (Fsp3) is 0.600. The van der Waals surface area contributed by atoms with Crippen molar-refractivity contribution in [3.8, 4) is 0 Å². The van der Waals surface area contributed by atoms with Crippen LogP contribution >= 0.6 is 0 Å². The highest BCUT2D eigenvalue weighted by atomic mass is 16.5. The van der Waals surface area contributed by atoms with Crippen LogP contribution in [0.4, 0.5) is 0 Å². The molecule has 0 aliphatic carbocycles. The van der Waals surface area contributed by atoms with Gasteiger partial charge in [-0.3, -0.25) is 0 Å². The minimum absolute atomic E-state index is 0.0574. The molecule has 18 heavy (non-hydrogen) atoms. The molecule has 1 aromatic rings. The molecule has 1 atom stereocenters. The topological polar surface area (TPSA) is 41.5 Å². The van der Waals surface area contributed by atoms with Gasteiger partial charge in [-0.15, -0.1) is 0 Å². The summed E-state index contributed by atoms with van der Waals surface area (Å²) >= 11 is 0. The van der Waals surface area contributed by atoms with Gasteiger partial charge in [-0.1, -0.05) is 36.8 Å². The van der Waals surface area contributed by atoms with Gasteiger partial charge in [-0.25, -0.2) is 0 Å². The van der Waals surface area contributed by atoms with Crippen LogP contribution in [0.15, 0.2) is 24.3 Å². The Bertz CT molecular complexity index is 365. The summed E-state index contributed by atoms with van der Waals surface area (Å²) in [5.41, 5.74) is 2.54. The van der Waals surface area contributed by atoms with Crippen molar-refractivity contribution in [1.29, 1.82) is 0 Å². The van der Waals surface area contributed by atoms with Crippen LogP contribution in [-0.2, 0) is 4.74 Å². The van der Waals surface area contributed by atoms with Gasteiger partial charge in [0.05, 0.1) is 25.2 Å². The Labute approximate surface area is 109 Å². The number of nitrogens with one attached hydrogen (secondary N) is 1. The molecule has 1 aromatic carbocycles. The summed E-state index contributed by atoms with van der Waals surface area (Å²) in [6, 6.07) is 9.01. The number of ether oxygens (including phenoxy) is 1. The van der Waals surface area contributed by atoms with Gasteiger partial charge in [0.25, 0.3) is 0 Å². The van der Waals surface area contributed by atoms with Crippen molar-refractivity contribution in [1.82, 2.24) is 5.32 Å². The SMILES string of the molecule is CCC(NCC1(CO)COC1)c1ccc(C)cc1. The minimum atomic E-state index is -0.0574. The highest BCUT2D eigenvalue weighted by Crippen LogP contribution is 2.27. The molecule has 2 N–H and O–H groups in total. The number of aliphatic hydroxyl groups is 1. The molecule has 1 unspecified atom stereocenters. The first-order valence-corrected chi connectivity index (χ1v) is 6.68. The lowest BCUT2D eigenvalue weighted by molar-refractivity contribution is -0.135. The third-order valence-corrected chi connectivity index (χ3v) is 3.76. The second kappa shape index (κ2) is 5.83. The van der Waals surface area contributed by atoms with Crippen molar-refractivity contribution < 1.29 is 9.84 Å². The number of rotatable bonds is 6. The molecule has 1 heterocycles. The first-order chi connectivity index (χ1) is 8.69. The molecule has 2 rings (SSSR count). The lowest BCUT2D eigenvalue weighted by Crippen LogP contribution is -2.52. The fourth-order valence-electron chi connectivity index (χ4n) is 2.28. The second-order valence-electron chi connectivity index (χ2n) is 5.40. The van der Waals surface area contributed by atoms with E-state index in [0.29, 0.717) is 19.3 Å². The molecule has 100 valence electrons. The lowest BCUT2D eigenvalue weighted by Gasteiger charge is -2.41. The molecule has 0 amide bonds. The van der Waals surface area contributed by atoms with Crippen molar-refractivity contribution >= 4 is 0 Å². The number of hydrogen-bond donors (Lipinski definition) is 2. The van der Waals surface area contributed by atoms with Crippen molar-refractivity contribution in [3.05, 3.63) is 35.4 Å². The summed E-state index contributed by atoms with van der Waals surface area (Å²) in [6.07, 6.45) is 1.05. The van der Waals surface area contributed by atoms with Crippen LogP contribution in [0.3, 0.4) is 0 Å². The van der Waals surface area contributed by atoms with Gasteiger partial charge in [-0.05, 0) is 18.9 Å². The smallest absolute Gasteiger partial charge is 0.0579 e. The maximum atomic E-state index is 9.41. The van der Waals surface area contributed by atoms with Crippen LogP contribution in [0.2, 0.25) is 0 Å². The summed E-state index contributed by atoms with van der Waals surface area (Å²) in [5.74, 6) is 0. The maximum Gasteiger partial charge on any atom is 0.0579 e. The van der Waals surface area contributed by atoms with Crippen LogP contribution < -0.4 is 5.32 Å². The van der Waals surface area contributed by atoms with Crippen LogP contribution in [0.5, 0.6) is 0 Å². The van der Waals surface area contributed by atoms with Gasteiger partial charge in [0.1, 0.15) is 0 Å². The zero-order valence-corrected chi connectivity index (χ0v) is 11.3. The highest BCUT2D eigenvalue weighted by molar-refractivity contribution is 5.24. The lowest BCUT2D eigenvalue weighted by atomic mass is 9.86. The van der Waals surface area contributed by atoms with E-state index in [1.54, 1.807) is 0 Å². The molecule has 1 aliphatic rings. The number of hydrogen-bond acceptors (Lipinski definition) is 3. The standard InChI is InChI=1S/C15H23NO2/c1-3-14(13-6-4-12(2)5-7-13)16-8-15(9-17)10-18-11-15/h4-7,14,16-17H,3,8-11H2,1-2H3. The van der Waals surface area contributed by atoms with E-state index in [-0.39, 0.29) is 12.0 Å². The van der Waals surface area contributed by atoms with Crippen LogP contribution in [0, 0.1) is 12.3 Å². The first kappa shape index (κ1) is 13.5. The molecule has 0 bridgehead atoms. The average Bonchev–Trinajstić information content (AvgIpc) is 2.35. The zero-order chi connectivity index (χ0) is 13.0. The molecule has 3 nitrogen and oxygen atoms in total. The summed E-state index contributed by atoms with van der Waals surface area (Å²) in [6.45, 7) is 6.63. The molecule has 3 heteroatoms. The average molecular weight is 249 g/mol. The van der Waals surface area contributed by atoms with Gasteiger partial charge in [0.15, 0.2) is 0 Å². The van der Waals surface area contributed by atoms with Gasteiger partial charge in [0.2, 0.25) is 0 Å². The molecule has 1 aliphatic heterocycles. The molecule has 0 saturated carbocycles. The van der Waals surface area contributed by atoms with Crippen LogP contribution in [0.25, 0.3) is 0 Å². The Balaban J connectivity index is 1.95. The van der Waals surface area contributed by atoms with E-state index in [0.717, 1.165) is 13.0 Å². The van der Waals surface area contributed by atoms with E-state index in [2.05, 4.69) is 43.4 Å². The van der Waals surface area contributed by atoms with Crippen molar-refractivity contribution in [2.24, 2.45) is 5.41 Å². The third-order valence-electron chi connectivity index (χ3n) is 3.76. The van der Waals surface area contributed by atoms with E-state index < -0.39 is 0 Å². The predicted octanol–water partition coefficient (Wildman–Crippen LogP) is 2.04. The monoisotopic (exact) mass is 249 g/mol. The van der Waals surface area contributed by atoms with E-state index in [9.17, 15) is 5.11 Å².